The van der Waals surface area contributed by atoms with E-state index in [9.17, 15) is 9.59 Å². The number of amides is 1. The first-order chi connectivity index (χ1) is 18.9. The van der Waals surface area contributed by atoms with Crippen LogP contribution in [0, 0.1) is 11.8 Å². The number of ether oxygens (including phenoxy) is 2. The summed E-state index contributed by atoms with van der Waals surface area (Å²) < 4.78 is 12.3. The van der Waals surface area contributed by atoms with E-state index in [1.807, 2.05) is 55.6 Å². The van der Waals surface area contributed by atoms with Crippen LogP contribution in [0.4, 0.5) is 5.69 Å². The van der Waals surface area contributed by atoms with Gasteiger partial charge in [0, 0.05) is 41.9 Å². The highest BCUT2D eigenvalue weighted by atomic mass is 32.1. The number of benzene rings is 1. The number of carbonyl (C=O) groups excluding carboxylic acids is 2. The van der Waals surface area contributed by atoms with Gasteiger partial charge in [0.15, 0.2) is 5.65 Å². The largest absolute Gasteiger partial charge is 0.465 e. The minimum atomic E-state index is -0.449. The maximum atomic E-state index is 13.9. The van der Waals surface area contributed by atoms with Gasteiger partial charge in [0.25, 0.3) is 0 Å². The first-order valence-electron chi connectivity index (χ1n) is 13.3. The van der Waals surface area contributed by atoms with Crippen molar-refractivity contribution in [1.82, 2.24) is 14.6 Å². The lowest BCUT2D eigenvalue weighted by Gasteiger charge is -2.34. The predicted molar refractivity (Wildman–Crippen MR) is 153 cm³/mol. The van der Waals surface area contributed by atoms with Crippen LogP contribution in [0.5, 0.6) is 0 Å². The van der Waals surface area contributed by atoms with Gasteiger partial charge in [-0.15, -0.1) is 11.3 Å². The Hall–Kier alpha value is -3.56. The highest BCUT2D eigenvalue weighted by Crippen LogP contribution is 2.40. The molecule has 1 aliphatic carbocycles. The van der Waals surface area contributed by atoms with E-state index < -0.39 is 5.97 Å². The molecule has 1 atom stereocenters. The molecule has 204 valence electrons. The second kappa shape index (κ2) is 11.7. The summed E-state index contributed by atoms with van der Waals surface area (Å²) in [6, 6.07) is 13.5. The minimum absolute atomic E-state index is 0.0526. The van der Waals surface area contributed by atoms with E-state index in [2.05, 4.69) is 17.0 Å². The van der Waals surface area contributed by atoms with E-state index >= 15 is 0 Å². The molecule has 0 spiro atoms. The summed E-state index contributed by atoms with van der Waals surface area (Å²) in [5.74, 6) is 0.178. The number of thiophene rings is 1. The SMILES string of the molecule is COCC(C)N(c1cc(-c2ccc(-c3cc4ncccn4n3)cc2)sc1C(=O)OC)C(=O)[C@H]1CC[C@H](C)CC1. The lowest BCUT2D eigenvalue weighted by atomic mass is 9.82. The summed E-state index contributed by atoms with van der Waals surface area (Å²) in [6.45, 7) is 4.57. The van der Waals surface area contributed by atoms with Crippen molar-refractivity contribution in [3.63, 3.8) is 0 Å². The average molecular weight is 547 g/mol. The second-order valence-corrected chi connectivity index (χ2v) is 11.4. The van der Waals surface area contributed by atoms with Crippen molar-refractivity contribution < 1.29 is 19.1 Å². The molecule has 4 aromatic rings. The standard InChI is InChI=1S/C30H34N4O4S/c1-19-6-8-23(9-7-19)29(35)34(20(2)18-37-3)25-17-26(39-28(25)30(36)38-4)22-12-10-21(11-13-22)24-16-27-31-14-5-15-33(27)32-24/h5,10-17,19-20,23H,6-9,18H2,1-4H3/t19-,20?,23-. The van der Waals surface area contributed by atoms with Crippen molar-refractivity contribution in [2.75, 3.05) is 25.7 Å². The number of anilines is 1. The van der Waals surface area contributed by atoms with Gasteiger partial charge in [-0.2, -0.15) is 5.10 Å². The van der Waals surface area contributed by atoms with Crippen LogP contribution >= 0.6 is 11.3 Å². The van der Waals surface area contributed by atoms with E-state index in [-0.39, 0.29) is 17.9 Å². The number of methoxy groups -OCH3 is 2. The van der Waals surface area contributed by atoms with Crippen LogP contribution < -0.4 is 4.90 Å². The molecule has 1 aromatic carbocycles. The van der Waals surface area contributed by atoms with Crippen LogP contribution in [0.2, 0.25) is 0 Å². The van der Waals surface area contributed by atoms with Gasteiger partial charge in [-0.25, -0.2) is 14.3 Å². The van der Waals surface area contributed by atoms with Crippen molar-refractivity contribution in [2.45, 2.75) is 45.6 Å². The fourth-order valence-corrected chi connectivity index (χ4v) is 6.38. The molecule has 8 nitrogen and oxygen atoms in total. The van der Waals surface area contributed by atoms with Crippen molar-refractivity contribution in [1.29, 1.82) is 0 Å². The Labute approximate surface area is 232 Å². The number of aromatic nitrogens is 3. The third-order valence-electron chi connectivity index (χ3n) is 7.50. The maximum Gasteiger partial charge on any atom is 0.350 e. The van der Waals surface area contributed by atoms with Crippen molar-refractivity contribution in [3.8, 4) is 21.7 Å². The zero-order chi connectivity index (χ0) is 27.5. The molecular weight excluding hydrogens is 512 g/mol. The van der Waals surface area contributed by atoms with E-state index in [1.54, 1.807) is 22.7 Å². The summed E-state index contributed by atoms with van der Waals surface area (Å²) in [5, 5.41) is 4.61. The Morgan fingerprint density at radius 3 is 2.49 bits per heavy atom. The van der Waals surface area contributed by atoms with Gasteiger partial charge in [-0.3, -0.25) is 4.79 Å². The summed E-state index contributed by atoms with van der Waals surface area (Å²) in [7, 11) is 3.00. The van der Waals surface area contributed by atoms with Crippen LogP contribution in [0.25, 0.3) is 27.3 Å². The predicted octanol–water partition coefficient (Wildman–Crippen LogP) is 6.11. The molecule has 1 amide bonds. The number of rotatable bonds is 8. The normalized spacial score (nSPS) is 18.2. The highest BCUT2D eigenvalue weighted by Gasteiger charge is 2.35. The molecule has 1 unspecified atom stereocenters. The fraction of sp³-hybridized carbons (Fsp3) is 0.400. The smallest absolute Gasteiger partial charge is 0.350 e. The molecule has 1 aliphatic rings. The Morgan fingerprint density at radius 2 is 1.82 bits per heavy atom. The first-order valence-corrected chi connectivity index (χ1v) is 14.2. The first kappa shape index (κ1) is 27.0. The number of hydrogen-bond donors (Lipinski definition) is 0. The molecule has 0 bridgehead atoms. The van der Waals surface area contributed by atoms with E-state index in [1.165, 1.54) is 18.4 Å². The molecule has 3 aromatic heterocycles. The summed E-state index contributed by atoms with van der Waals surface area (Å²) in [5.41, 5.74) is 4.11. The van der Waals surface area contributed by atoms with Crippen molar-refractivity contribution in [2.24, 2.45) is 11.8 Å². The van der Waals surface area contributed by atoms with Crippen LogP contribution in [0.1, 0.15) is 49.2 Å². The summed E-state index contributed by atoms with van der Waals surface area (Å²) >= 11 is 1.34. The molecule has 0 saturated heterocycles. The zero-order valence-electron chi connectivity index (χ0n) is 22.8. The quantitative estimate of drug-likeness (QED) is 0.248. The van der Waals surface area contributed by atoms with E-state index in [4.69, 9.17) is 9.47 Å². The number of esters is 1. The minimum Gasteiger partial charge on any atom is -0.465 e. The van der Waals surface area contributed by atoms with Crippen LogP contribution in [0.3, 0.4) is 0 Å². The monoisotopic (exact) mass is 546 g/mol. The highest BCUT2D eigenvalue weighted by molar-refractivity contribution is 7.18. The molecule has 3 heterocycles. The number of fused-ring (bicyclic) bond motifs is 1. The fourth-order valence-electron chi connectivity index (χ4n) is 5.31. The van der Waals surface area contributed by atoms with Crippen molar-refractivity contribution >= 4 is 34.5 Å². The molecular formula is C30H34N4O4S. The Kier molecular flexibility index (Phi) is 8.09. The lowest BCUT2D eigenvalue weighted by Crippen LogP contribution is -2.45. The molecule has 5 rings (SSSR count). The van der Waals surface area contributed by atoms with Crippen LogP contribution in [-0.4, -0.2) is 53.3 Å². The van der Waals surface area contributed by atoms with Gasteiger partial charge in [-0.1, -0.05) is 31.2 Å². The van der Waals surface area contributed by atoms with Gasteiger partial charge < -0.3 is 14.4 Å². The van der Waals surface area contributed by atoms with Gasteiger partial charge in [0.05, 0.1) is 31.1 Å². The third-order valence-corrected chi connectivity index (χ3v) is 8.65. The molecule has 1 fully saturated rings. The Balaban J connectivity index is 1.50. The topological polar surface area (TPSA) is 86.0 Å². The molecule has 1 saturated carbocycles. The summed E-state index contributed by atoms with van der Waals surface area (Å²) in [4.78, 5) is 34.3. The second-order valence-electron chi connectivity index (χ2n) is 10.3. The molecule has 0 aliphatic heterocycles. The van der Waals surface area contributed by atoms with Crippen LogP contribution in [0.15, 0.2) is 54.9 Å². The van der Waals surface area contributed by atoms with Gasteiger partial charge >= 0.3 is 5.97 Å². The van der Waals surface area contributed by atoms with E-state index in [0.29, 0.717) is 23.1 Å². The van der Waals surface area contributed by atoms with Crippen LogP contribution in [-0.2, 0) is 14.3 Å². The molecule has 39 heavy (non-hydrogen) atoms. The van der Waals surface area contributed by atoms with Gasteiger partial charge in [0.1, 0.15) is 4.88 Å². The third kappa shape index (κ3) is 5.60. The Morgan fingerprint density at radius 1 is 1.10 bits per heavy atom. The summed E-state index contributed by atoms with van der Waals surface area (Å²) in [6.07, 6.45) is 7.41. The maximum absolute atomic E-state index is 13.9. The van der Waals surface area contributed by atoms with Gasteiger partial charge in [-0.05, 0) is 56.2 Å². The zero-order valence-corrected chi connectivity index (χ0v) is 23.6. The average Bonchev–Trinajstić information content (AvgIpc) is 3.58. The number of nitrogens with zero attached hydrogens (tertiary/aromatic N) is 4. The van der Waals surface area contributed by atoms with E-state index in [0.717, 1.165) is 53.0 Å². The number of carbonyl (C=O) groups is 2. The number of hydrogen-bond acceptors (Lipinski definition) is 7. The van der Waals surface area contributed by atoms with Crippen molar-refractivity contribution in [3.05, 3.63) is 59.7 Å². The molecule has 0 N–H and O–H groups in total. The Bertz CT molecular complexity index is 1420. The molecule has 9 heteroatoms. The lowest BCUT2D eigenvalue weighted by molar-refractivity contribution is -0.124. The molecule has 0 radical (unpaired) electrons. The van der Waals surface area contributed by atoms with Gasteiger partial charge in [0.2, 0.25) is 5.91 Å².